The molecule has 0 radical (unpaired) electrons. The monoisotopic (exact) mass is 276 g/mol. The van der Waals surface area contributed by atoms with Crippen molar-refractivity contribution in [3.8, 4) is 0 Å². The second-order valence-corrected chi connectivity index (χ2v) is 5.55. The molecule has 1 aromatic carbocycles. The molecule has 1 atom stereocenters. The van der Waals surface area contributed by atoms with Gasteiger partial charge in [0.1, 0.15) is 0 Å². The summed E-state index contributed by atoms with van der Waals surface area (Å²) >= 11 is 0. The molecule has 1 amide bonds. The van der Waals surface area contributed by atoms with Crippen molar-refractivity contribution < 1.29 is 9.90 Å². The second-order valence-electron chi connectivity index (χ2n) is 5.55. The van der Waals surface area contributed by atoms with Crippen molar-refractivity contribution in [1.82, 2.24) is 4.90 Å². The van der Waals surface area contributed by atoms with E-state index in [1.54, 1.807) is 0 Å². The number of aliphatic hydroxyl groups is 1. The SMILES string of the molecule is Cc1cccc(NC(=O)CN2CCCC2CCCO)c1. The number of nitrogens with one attached hydrogen (secondary N) is 1. The number of hydrogen-bond donors (Lipinski definition) is 2. The minimum absolute atomic E-state index is 0.0477. The van der Waals surface area contributed by atoms with Crippen LogP contribution >= 0.6 is 0 Å². The highest BCUT2D eigenvalue weighted by molar-refractivity contribution is 5.92. The number of carbonyl (C=O) groups excluding carboxylic acids is 1. The van der Waals surface area contributed by atoms with E-state index in [9.17, 15) is 4.79 Å². The molecule has 4 nitrogen and oxygen atoms in total. The van der Waals surface area contributed by atoms with Crippen LogP contribution in [0.5, 0.6) is 0 Å². The van der Waals surface area contributed by atoms with Crippen molar-refractivity contribution in [3.05, 3.63) is 29.8 Å². The smallest absolute Gasteiger partial charge is 0.238 e. The third-order valence-electron chi connectivity index (χ3n) is 3.84. The van der Waals surface area contributed by atoms with Gasteiger partial charge in [-0.05, 0) is 56.8 Å². The van der Waals surface area contributed by atoms with Gasteiger partial charge < -0.3 is 10.4 Å². The number of nitrogens with zero attached hydrogens (tertiary/aromatic N) is 1. The van der Waals surface area contributed by atoms with Gasteiger partial charge in [-0.2, -0.15) is 0 Å². The van der Waals surface area contributed by atoms with E-state index in [2.05, 4.69) is 10.2 Å². The van der Waals surface area contributed by atoms with E-state index >= 15 is 0 Å². The first-order valence-electron chi connectivity index (χ1n) is 7.40. The van der Waals surface area contributed by atoms with Gasteiger partial charge in [0.15, 0.2) is 0 Å². The number of benzene rings is 1. The average molecular weight is 276 g/mol. The zero-order chi connectivity index (χ0) is 14.4. The first kappa shape index (κ1) is 15.0. The summed E-state index contributed by atoms with van der Waals surface area (Å²) < 4.78 is 0. The van der Waals surface area contributed by atoms with Crippen LogP contribution in [0.1, 0.15) is 31.2 Å². The largest absolute Gasteiger partial charge is 0.396 e. The molecule has 4 heteroatoms. The topological polar surface area (TPSA) is 52.6 Å². The summed E-state index contributed by atoms with van der Waals surface area (Å²) in [6.07, 6.45) is 4.08. The van der Waals surface area contributed by atoms with Crippen molar-refractivity contribution in [1.29, 1.82) is 0 Å². The molecule has 2 N–H and O–H groups in total. The number of aryl methyl sites for hydroxylation is 1. The molecule has 0 aliphatic carbocycles. The number of amides is 1. The van der Waals surface area contributed by atoms with E-state index in [-0.39, 0.29) is 12.5 Å². The highest BCUT2D eigenvalue weighted by Gasteiger charge is 2.25. The second kappa shape index (κ2) is 7.41. The summed E-state index contributed by atoms with van der Waals surface area (Å²) in [6, 6.07) is 8.31. The first-order chi connectivity index (χ1) is 9.69. The van der Waals surface area contributed by atoms with E-state index in [1.807, 2.05) is 31.2 Å². The van der Waals surface area contributed by atoms with Gasteiger partial charge >= 0.3 is 0 Å². The fraction of sp³-hybridized carbons (Fsp3) is 0.562. The minimum atomic E-state index is 0.0477. The van der Waals surface area contributed by atoms with Gasteiger partial charge in [0, 0.05) is 18.3 Å². The van der Waals surface area contributed by atoms with E-state index in [0.717, 1.165) is 43.5 Å². The van der Waals surface area contributed by atoms with Gasteiger partial charge in [-0.15, -0.1) is 0 Å². The predicted octanol–water partition coefficient (Wildman–Crippen LogP) is 2.17. The lowest BCUT2D eigenvalue weighted by molar-refractivity contribution is -0.117. The lowest BCUT2D eigenvalue weighted by Crippen LogP contribution is -2.36. The molecule has 1 fully saturated rings. The van der Waals surface area contributed by atoms with Crippen LogP contribution < -0.4 is 5.32 Å². The Morgan fingerprint density at radius 1 is 1.50 bits per heavy atom. The molecule has 1 aliphatic heterocycles. The molecule has 0 saturated carbocycles. The standard InChI is InChI=1S/C16H24N2O2/c1-13-5-2-6-14(11-13)17-16(20)12-18-9-3-7-15(18)8-4-10-19/h2,5-6,11,15,19H,3-4,7-10,12H2,1H3,(H,17,20). The molecule has 110 valence electrons. The van der Waals surface area contributed by atoms with Crippen LogP contribution in [-0.2, 0) is 4.79 Å². The molecule has 2 rings (SSSR count). The Hall–Kier alpha value is -1.39. The molecule has 1 saturated heterocycles. The van der Waals surface area contributed by atoms with Crippen LogP contribution in [0.2, 0.25) is 0 Å². The molecular weight excluding hydrogens is 252 g/mol. The van der Waals surface area contributed by atoms with Crippen LogP contribution in [0.3, 0.4) is 0 Å². The van der Waals surface area contributed by atoms with Crippen molar-refractivity contribution in [2.45, 2.75) is 38.6 Å². The van der Waals surface area contributed by atoms with Gasteiger partial charge in [0.25, 0.3) is 0 Å². The maximum Gasteiger partial charge on any atom is 0.238 e. The van der Waals surface area contributed by atoms with Gasteiger partial charge in [-0.3, -0.25) is 9.69 Å². The van der Waals surface area contributed by atoms with E-state index in [0.29, 0.717) is 12.6 Å². The third kappa shape index (κ3) is 4.32. The minimum Gasteiger partial charge on any atom is -0.396 e. The Kier molecular flexibility index (Phi) is 5.56. The van der Waals surface area contributed by atoms with E-state index in [1.165, 1.54) is 0 Å². The van der Waals surface area contributed by atoms with Crippen molar-refractivity contribution in [2.75, 3.05) is 25.0 Å². The van der Waals surface area contributed by atoms with Gasteiger partial charge in [0.2, 0.25) is 5.91 Å². The Morgan fingerprint density at radius 2 is 2.35 bits per heavy atom. The van der Waals surface area contributed by atoms with Crippen LogP contribution in [-0.4, -0.2) is 41.7 Å². The number of aliphatic hydroxyl groups excluding tert-OH is 1. The van der Waals surface area contributed by atoms with Crippen molar-refractivity contribution in [2.24, 2.45) is 0 Å². The Labute approximate surface area is 120 Å². The highest BCUT2D eigenvalue weighted by Crippen LogP contribution is 2.21. The summed E-state index contributed by atoms with van der Waals surface area (Å²) in [5.74, 6) is 0.0477. The van der Waals surface area contributed by atoms with Crippen LogP contribution in [0.4, 0.5) is 5.69 Å². The first-order valence-corrected chi connectivity index (χ1v) is 7.40. The summed E-state index contributed by atoms with van der Waals surface area (Å²) in [6.45, 7) is 3.68. The molecule has 0 bridgehead atoms. The normalized spacial score (nSPS) is 19.2. The zero-order valence-electron chi connectivity index (χ0n) is 12.1. The van der Waals surface area contributed by atoms with Crippen LogP contribution in [0, 0.1) is 6.92 Å². The Bertz CT molecular complexity index is 448. The fourth-order valence-electron chi connectivity index (χ4n) is 2.86. The molecule has 20 heavy (non-hydrogen) atoms. The van der Waals surface area contributed by atoms with Crippen LogP contribution in [0.25, 0.3) is 0 Å². The summed E-state index contributed by atoms with van der Waals surface area (Å²) in [7, 11) is 0. The third-order valence-corrected chi connectivity index (χ3v) is 3.84. The number of carbonyl (C=O) groups is 1. The number of hydrogen-bond acceptors (Lipinski definition) is 3. The van der Waals surface area contributed by atoms with Crippen molar-refractivity contribution >= 4 is 11.6 Å². The lowest BCUT2D eigenvalue weighted by atomic mass is 10.1. The molecule has 1 unspecified atom stereocenters. The molecular formula is C16H24N2O2. The maximum atomic E-state index is 12.1. The molecule has 1 heterocycles. The summed E-state index contributed by atoms with van der Waals surface area (Å²) in [5, 5.41) is 11.9. The molecule has 1 aliphatic rings. The lowest BCUT2D eigenvalue weighted by Gasteiger charge is -2.23. The Morgan fingerprint density at radius 3 is 3.10 bits per heavy atom. The van der Waals surface area contributed by atoms with E-state index < -0.39 is 0 Å². The zero-order valence-corrected chi connectivity index (χ0v) is 12.1. The number of likely N-dealkylation sites (tertiary alicyclic amines) is 1. The maximum absolute atomic E-state index is 12.1. The quantitative estimate of drug-likeness (QED) is 0.837. The predicted molar refractivity (Wildman–Crippen MR) is 80.7 cm³/mol. The molecule has 1 aromatic rings. The fourth-order valence-corrected chi connectivity index (χ4v) is 2.86. The Balaban J connectivity index is 1.84. The van der Waals surface area contributed by atoms with Crippen molar-refractivity contribution in [3.63, 3.8) is 0 Å². The molecule has 0 aromatic heterocycles. The van der Waals surface area contributed by atoms with Crippen LogP contribution in [0.15, 0.2) is 24.3 Å². The molecule has 0 spiro atoms. The summed E-state index contributed by atoms with van der Waals surface area (Å²) in [4.78, 5) is 14.3. The summed E-state index contributed by atoms with van der Waals surface area (Å²) in [5.41, 5.74) is 2.01. The average Bonchev–Trinajstić information content (AvgIpc) is 2.83. The van der Waals surface area contributed by atoms with Gasteiger partial charge in [-0.25, -0.2) is 0 Å². The van der Waals surface area contributed by atoms with Gasteiger partial charge in [-0.1, -0.05) is 12.1 Å². The number of anilines is 1. The highest BCUT2D eigenvalue weighted by atomic mass is 16.3. The number of rotatable bonds is 6. The van der Waals surface area contributed by atoms with E-state index in [4.69, 9.17) is 5.11 Å². The van der Waals surface area contributed by atoms with Gasteiger partial charge in [0.05, 0.1) is 6.54 Å².